The minimum absolute atomic E-state index is 0.712. The molecular formula is C11H12N2OS. The van der Waals surface area contributed by atoms with Gasteiger partial charge in [0, 0.05) is 11.1 Å². The Morgan fingerprint density at radius 2 is 2.27 bits per heavy atom. The van der Waals surface area contributed by atoms with Crippen molar-refractivity contribution >= 4 is 28.7 Å². The third kappa shape index (κ3) is 1.72. The fraction of sp³-hybridized carbons (Fsp3) is 0.273. The molecule has 0 aliphatic carbocycles. The first kappa shape index (κ1) is 10.1. The highest BCUT2D eigenvalue weighted by Crippen LogP contribution is 2.22. The standard InChI is InChI=1S/C11H12N2OS/c1-7(6-14)4-10-9(3)12-11-13(10)5-8(2)15-11/h4-6H,1-3H3. The molecule has 0 saturated carbocycles. The molecule has 4 heteroatoms. The molecule has 15 heavy (non-hydrogen) atoms. The molecule has 0 aromatic carbocycles. The summed E-state index contributed by atoms with van der Waals surface area (Å²) in [7, 11) is 0. The molecule has 0 fully saturated rings. The van der Waals surface area contributed by atoms with Crippen LogP contribution in [0.1, 0.15) is 23.2 Å². The van der Waals surface area contributed by atoms with Gasteiger partial charge < -0.3 is 0 Å². The van der Waals surface area contributed by atoms with Gasteiger partial charge in [-0.15, -0.1) is 11.3 Å². The molecule has 3 nitrogen and oxygen atoms in total. The Balaban J connectivity index is 2.67. The molecule has 2 rings (SSSR count). The van der Waals surface area contributed by atoms with Crippen LogP contribution in [-0.2, 0) is 4.79 Å². The van der Waals surface area contributed by atoms with Gasteiger partial charge in [-0.05, 0) is 32.4 Å². The van der Waals surface area contributed by atoms with E-state index in [2.05, 4.69) is 11.9 Å². The summed E-state index contributed by atoms with van der Waals surface area (Å²) in [6, 6.07) is 0. The van der Waals surface area contributed by atoms with Crippen LogP contribution in [0.25, 0.3) is 11.0 Å². The maximum atomic E-state index is 10.6. The minimum Gasteiger partial charge on any atom is -0.298 e. The Kier molecular flexibility index (Phi) is 2.44. The number of allylic oxidation sites excluding steroid dienone is 1. The van der Waals surface area contributed by atoms with Crippen LogP contribution >= 0.6 is 11.3 Å². The van der Waals surface area contributed by atoms with E-state index in [1.807, 2.05) is 23.6 Å². The van der Waals surface area contributed by atoms with E-state index in [-0.39, 0.29) is 0 Å². The summed E-state index contributed by atoms with van der Waals surface area (Å²) < 4.78 is 2.03. The maximum absolute atomic E-state index is 10.6. The Hall–Kier alpha value is -1.42. The summed E-state index contributed by atoms with van der Waals surface area (Å²) in [4.78, 5) is 17.2. The van der Waals surface area contributed by atoms with Crippen molar-refractivity contribution in [2.45, 2.75) is 20.8 Å². The number of nitrogens with zero attached hydrogens (tertiary/aromatic N) is 2. The fourth-order valence-corrected chi connectivity index (χ4v) is 2.38. The average molecular weight is 220 g/mol. The van der Waals surface area contributed by atoms with Gasteiger partial charge in [-0.3, -0.25) is 9.20 Å². The predicted octanol–water partition coefficient (Wildman–Crippen LogP) is 2.61. The number of imidazole rings is 1. The van der Waals surface area contributed by atoms with Crippen molar-refractivity contribution in [3.05, 3.63) is 28.0 Å². The van der Waals surface area contributed by atoms with Crippen molar-refractivity contribution in [2.75, 3.05) is 0 Å². The molecule has 0 N–H and O–H groups in total. The lowest BCUT2D eigenvalue weighted by atomic mass is 10.2. The summed E-state index contributed by atoms with van der Waals surface area (Å²) in [6.07, 6.45) is 4.77. The van der Waals surface area contributed by atoms with E-state index in [4.69, 9.17) is 0 Å². The first-order valence-electron chi connectivity index (χ1n) is 4.70. The van der Waals surface area contributed by atoms with Crippen LogP contribution in [-0.4, -0.2) is 15.7 Å². The molecule has 2 aromatic heterocycles. The predicted molar refractivity (Wildman–Crippen MR) is 62.3 cm³/mol. The highest BCUT2D eigenvalue weighted by atomic mass is 32.1. The molecule has 0 bridgehead atoms. The zero-order valence-corrected chi connectivity index (χ0v) is 9.76. The van der Waals surface area contributed by atoms with Crippen molar-refractivity contribution in [1.82, 2.24) is 9.38 Å². The SMILES string of the molecule is CC(C=O)=Cc1c(C)nc2sc(C)cn12. The first-order valence-corrected chi connectivity index (χ1v) is 5.52. The number of hydrogen-bond donors (Lipinski definition) is 0. The lowest BCUT2D eigenvalue weighted by Crippen LogP contribution is -1.86. The molecular weight excluding hydrogens is 208 g/mol. The number of aromatic nitrogens is 2. The maximum Gasteiger partial charge on any atom is 0.194 e. The summed E-state index contributed by atoms with van der Waals surface area (Å²) in [5.41, 5.74) is 2.67. The van der Waals surface area contributed by atoms with E-state index >= 15 is 0 Å². The molecule has 0 aliphatic rings. The smallest absolute Gasteiger partial charge is 0.194 e. The van der Waals surface area contributed by atoms with Crippen LogP contribution in [0.15, 0.2) is 11.8 Å². The number of aryl methyl sites for hydroxylation is 2. The van der Waals surface area contributed by atoms with E-state index in [0.29, 0.717) is 5.57 Å². The zero-order valence-electron chi connectivity index (χ0n) is 8.94. The number of carbonyl (C=O) groups is 1. The molecule has 0 unspecified atom stereocenters. The largest absolute Gasteiger partial charge is 0.298 e. The van der Waals surface area contributed by atoms with E-state index in [1.54, 1.807) is 18.3 Å². The number of fused-ring (bicyclic) bond motifs is 1. The van der Waals surface area contributed by atoms with Crippen molar-refractivity contribution in [3.63, 3.8) is 0 Å². The van der Waals surface area contributed by atoms with Crippen molar-refractivity contribution in [1.29, 1.82) is 0 Å². The molecule has 78 valence electrons. The molecule has 0 amide bonds. The van der Waals surface area contributed by atoms with Gasteiger partial charge in [0.25, 0.3) is 0 Å². The number of hydrogen-bond acceptors (Lipinski definition) is 3. The third-order valence-corrected chi connectivity index (χ3v) is 3.11. The van der Waals surface area contributed by atoms with Gasteiger partial charge in [0.1, 0.15) is 6.29 Å². The number of thiazole rings is 1. The average Bonchev–Trinajstić information content (AvgIpc) is 2.65. The summed E-state index contributed by atoms with van der Waals surface area (Å²) >= 11 is 1.66. The Morgan fingerprint density at radius 3 is 2.93 bits per heavy atom. The second-order valence-corrected chi connectivity index (χ2v) is 4.80. The van der Waals surface area contributed by atoms with Gasteiger partial charge in [-0.25, -0.2) is 4.98 Å². The zero-order chi connectivity index (χ0) is 11.0. The quantitative estimate of drug-likeness (QED) is 0.576. The first-order chi connectivity index (χ1) is 7.11. The normalized spacial score (nSPS) is 12.3. The van der Waals surface area contributed by atoms with Crippen molar-refractivity contribution < 1.29 is 4.79 Å². The monoisotopic (exact) mass is 220 g/mol. The van der Waals surface area contributed by atoms with Crippen LogP contribution in [0.4, 0.5) is 0 Å². The van der Waals surface area contributed by atoms with Crippen LogP contribution in [0.3, 0.4) is 0 Å². The van der Waals surface area contributed by atoms with E-state index in [1.165, 1.54) is 4.88 Å². The van der Waals surface area contributed by atoms with Gasteiger partial charge >= 0.3 is 0 Å². The Morgan fingerprint density at radius 1 is 1.53 bits per heavy atom. The van der Waals surface area contributed by atoms with Gasteiger partial charge in [0.2, 0.25) is 0 Å². The Bertz CT molecular complexity index is 548. The number of aldehydes is 1. The van der Waals surface area contributed by atoms with Crippen molar-refractivity contribution in [3.8, 4) is 0 Å². The second-order valence-electron chi connectivity index (χ2n) is 3.58. The van der Waals surface area contributed by atoms with E-state index in [9.17, 15) is 4.79 Å². The summed E-state index contributed by atoms with van der Waals surface area (Å²) in [6.45, 7) is 5.80. The van der Waals surface area contributed by atoms with Crippen LogP contribution < -0.4 is 0 Å². The summed E-state index contributed by atoms with van der Waals surface area (Å²) in [5.74, 6) is 0. The van der Waals surface area contributed by atoms with Crippen LogP contribution in [0.2, 0.25) is 0 Å². The molecule has 0 aliphatic heterocycles. The molecule has 0 spiro atoms. The highest BCUT2D eigenvalue weighted by molar-refractivity contribution is 7.17. The molecule has 2 aromatic rings. The van der Waals surface area contributed by atoms with E-state index < -0.39 is 0 Å². The lowest BCUT2D eigenvalue weighted by molar-refractivity contribution is -0.104. The van der Waals surface area contributed by atoms with Gasteiger partial charge in [-0.2, -0.15) is 0 Å². The van der Waals surface area contributed by atoms with Crippen LogP contribution in [0.5, 0.6) is 0 Å². The number of rotatable bonds is 2. The highest BCUT2D eigenvalue weighted by Gasteiger charge is 2.08. The summed E-state index contributed by atoms with van der Waals surface area (Å²) in [5, 5.41) is 0. The molecule has 0 atom stereocenters. The molecule has 0 saturated heterocycles. The van der Waals surface area contributed by atoms with Gasteiger partial charge in [0.05, 0.1) is 11.4 Å². The van der Waals surface area contributed by atoms with E-state index in [0.717, 1.165) is 22.6 Å². The number of carbonyl (C=O) groups excluding carboxylic acids is 1. The molecule has 2 heterocycles. The second kappa shape index (κ2) is 3.62. The Labute approximate surface area is 92.1 Å². The minimum atomic E-state index is 0.712. The topological polar surface area (TPSA) is 34.4 Å². The molecule has 0 radical (unpaired) electrons. The third-order valence-electron chi connectivity index (χ3n) is 2.21. The van der Waals surface area contributed by atoms with Gasteiger partial charge in [-0.1, -0.05) is 0 Å². The fourth-order valence-electron chi connectivity index (χ4n) is 1.50. The van der Waals surface area contributed by atoms with Crippen molar-refractivity contribution in [2.24, 2.45) is 0 Å². The van der Waals surface area contributed by atoms with Gasteiger partial charge in [0.15, 0.2) is 4.96 Å². The lowest BCUT2D eigenvalue weighted by Gasteiger charge is -1.93. The van der Waals surface area contributed by atoms with Crippen LogP contribution in [0, 0.1) is 13.8 Å².